The van der Waals surface area contributed by atoms with Crippen LogP contribution in [-0.4, -0.2) is 18.4 Å². The van der Waals surface area contributed by atoms with Gasteiger partial charge in [-0.3, -0.25) is 4.79 Å². The van der Waals surface area contributed by atoms with Crippen LogP contribution in [0.3, 0.4) is 0 Å². The van der Waals surface area contributed by atoms with Gasteiger partial charge in [0.05, 0.1) is 16.7 Å². The second-order valence-corrected chi connectivity index (χ2v) is 10.9. The largest absolute Gasteiger partial charge is 1.00 e. The van der Waals surface area contributed by atoms with Gasteiger partial charge in [-0.25, -0.2) is 4.39 Å². The van der Waals surface area contributed by atoms with Gasteiger partial charge in [0.1, 0.15) is 34.6 Å². The van der Waals surface area contributed by atoms with E-state index in [9.17, 15) is 19.1 Å². The SMILES string of the molecule is O=C(CCCc1cc(F)ccc1Oc1ccc(Cl)cc1Cl)c1ccc(Oc2cc3c(cc2Cl)C(C(=O)[O-])CCO3)cc1.[Na+]. The van der Waals surface area contributed by atoms with Crippen molar-refractivity contribution >= 4 is 46.6 Å². The molecule has 0 saturated heterocycles. The van der Waals surface area contributed by atoms with Crippen LogP contribution in [-0.2, 0) is 11.2 Å². The van der Waals surface area contributed by atoms with Crippen molar-refractivity contribution in [1.82, 2.24) is 0 Å². The summed E-state index contributed by atoms with van der Waals surface area (Å²) in [7, 11) is 0. The summed E-state index contributed by atoms with van der Waals surface area (Å²) in [6.07, 6.45) is 1.40. The minimum Gasteiger partial charge on any atom is -0.549 e. The van der Waals surface area contributed by atoms with E-state index in [1.165, 1.54) is 24.3 Å². The first kappa shape index (κ1) is 33.1. The fraction of sp³-hybridized carbons (Fsp3) is 0.188. The summed E-state index contributed by atoms with van der Waals surface area (Å²) >= 11 is 18.5. The summed E-state index contributed by atoms with van der Waals surface area (Å²) in [5.41, 5.74) is 1.54. The predicted molar refractivity (Wildman–Crippen MR) is 156 cm³/mol. The Kier molecular flexibility index (Phi) is 11.4. The number of carbonyl (C=O) groups excluding carboxylic acids is 2. The van der Waals surface area contributed by atoms with Crippen molar-refractivity contribution in [2.75, 3.05) is 6.61 Å². The number of benzene rings is 4. The van der Waals surface area contributed by atoms with Gasteiger partial charge in [-0.1, -0.05) is 34.8 Å². The molecule has 5 rings (SSSR count). The number of ketones is 1. The van der Waals surface area contributed by atoms with Crippen molar-refractivity contribution in [3.05, 3.63) is 110 Å². The molecule has 216 valence electrons. The smallest absolute Gasteiger partial charge is 0.549 e. The molecule has 4 aromatic rings. The zero-order chi connectivity index (χ0) is 29.8. The van der Waals surface area contributed by atoms with E-state index in [1.807, 2.05) is 0 Å². The number of carbonyl (C=O) groups is 2. The second kappa shape index (κ2) is 14.8. The van der Waals surface area contributed by atoms with Gasteiger partial charge in [0.2, 0.25) is 0 Å². The van der Waals surface area contributed by atoms with Crippen LogP contribution in [0.2, 0.25) is 15.1 Å². The summed E-state index contributed by atoms with van der Waals surface area (Å²) in [4.78, 5) is 24.3. The van der Waals surface area contributed by atoms with E-state index < -0.39 is 17.7 Å². The number of ether oxygens (including phenoxy) is 3. The molecule has 11 heteroatoms. The van der Waals surface area contributed by atoms with Crippen LogP contribution in [0.5, 0.6) is 28.7 Å². The molecule has 0 aromatic heterocycles. The van der Waals surface area contributed by atoms with E-state index in [0.29, 0.717) is 74.7 Å². The van der Waals surface area contributed by atoms with Crippen LogP contribution in [0.15, 0.2) is 72.8 Å². The number of carboxylic acids is 1. The minimum absolute atomic E-state index is 0. The van der Waals surface area contributed by atoms with Crippen molar-refractivity contribution in [2.45, 2.75) is 31.6 Å². The molecule has 0 aliphatic carbocycles. The Bertz CT molecular complexity index is 1650. The number of fused-ring (bicyclic) bond motifs is 1. The quantitative estimate of drug-likeness (QED) is 0.173. The number of rotatable bonds is 10. The molecule has 43 heavy (non-hydrogen) atoms. The predicted octanol–water partition coefficient (Wildman–Crippen LogP) is 5.20. The molecule has 1 aliphatic rings. The zero-order valence-electron chi connectivity index (χ0n) is 23.0. The Morgan fingerprint density at radius 2 is 1.60 bits per heavy atom. The number of Topliss-reactive ketones (excluding diaryl/α,β-unsaturated/α-hetero) is 1. The molecule has 0 fully saturated rings. The molecule has 4 aromatic carbocycles. The zero-order valence-corrected chi connectivity index (χ0v) is 27.3. The van der Waals surface area contributed by atoms with Crippen LogP contribution in [0.25, 0.3) is 0 Å². The Balaban J connectivity index is 0.00000423. The molecule has 0 bridgehead atoms. The van der Waals surface area contributed by atoms with Crippen LogP contribution in [0, 0.1) is 5.82 Å². The van der Waals surface area contributed by atoms with Crippen molar-refractivity contribution in [1.29, 1.82) is 0 Å². The number of hydrogen-bond donors (Lipinski definition) is 0. The molecular formula is C32H23Cl3FNaO6. The summed E-state index contributed by atoms with van der Waals surface area (Å²) < 4.78 is 31.4. The van der Waals surface area contributed by atoms with Crippen molar-refractivity contribution < 1.29 is 62.9 Å². The van der Waals surface area contributed by atoms with Gasteiger partial charge in [0.25, 0.3) is 0 Å². The maximum atomic E-state index is 14.0. The first-order valence-electron chi connectivity index (χ1n) is 13.1. The number of hydrogen-bond acceptors (Lipinski definition) is 6. The molecule has 0 saturated carbocycles. The molecule has 0 spiro atoms. The van der Waals surface area contributed by atoms with E-state index in [-0.39, 0.29) is 53.4 Å². The third-order valence-corrected chi connectivity index (χ3v) is 7.60. The third-order valence-electron chi connectivity index (χ3n) is 6.78. The van der Waals surface area contributed by atoms with Crippen molar-refractivity contribution in [3.8, 4) is 28.7 Å². The van der Waals surface area contributed by atoms with Crippen LogP contribution in [0.4, 0.5) is 4.39 Å². The summed E-state index contributed by atoms with van der Waals surface area (Å²) in [5.74, 6) is -0.547. The molecular weight excluding hydrogens is 629 g/mol. The van der Waals surface area contributed by atoms with Crippen molar-refractivity contribution in [3.63, 3.8) is 0 Å². The average Bonchev–Trinajstić information content (AvgIpc) is 2.96. The van der Waals surface area contributed by atoms with E-state index in [4.69, 9.17) is 49.0 Å². The molecule has 1 atom stereocenters. The summed E-state index contributed by atoms with van der Waals surface area (Å²) in [5, 5.41) is 12.5. The topological polar surface area (TPSA) is 84.9 Å². The van der Waals surface area contributed by atoms with E-state index in [1.54, 1.807) is 48.5 Å². The first-order valence-corrected chi connectivity index (χ1v) is 14.2. The number of aryl methyl sites for hydroxylation is 1. The maximum Gasteiger partial charge on any atom is 1.00 e. The standard InChI is InChI=1S/C32H24Cl3FO6.Na/c33-20-6-10-29(25(34)15-20)42-28-11-7-21(36)14-19(28)2-1-3-27(37)18-4-8-22(9-5-18)41-31-17-30-24(16-26(31)35)23(32(38)39)12-13-40-30;/h4-11,14-17,23H,1-3,12-13H2,(H,38,39);/q;+1/p-1. The Labute approximate surface area is 284 Å². The maximum absolute atomic E-state index is 14.0. The molecule has 0 amide bonds. The number of halogens is 4. The average molecular weight is 652 g/mol. The number of carboxylic acid groups (broad SMARTS) is 1. The minimum atomic E-state index is -1.18. The van der Waals surface area contributed by atoms with Crippen LogP contribution < -0.4 is 48.9 Å². The molecule has 6 nitrogen and oxygen atoms in total. The number of aliphatic carboxylic acids is 1. The van der Waals surface area contributed by atoms with Crippen molar-refractivity contribution in [2.24, 2.45) is 0 Å². The Hall–Kier alpha value is -2.78. The first-order chi connectivity index (χ1) is 20.2. The van der Waals surface area contributed by atoms with Crippen LogP contribution >= 0.6 is 34.8 Å². The van der Waals surface area contributed by atoms with Gasteiger partial charge >= 0.3 is 29.6 Å². The van der Waals surface area contributed by atoms with Gasteiger partial charge < -0.3 is 24.1 Å². The molecule has 1 heterocycles. The fourth-order valence-corrected chi connectivity index (χ4v) is 5.31. The Morgan fingerprint density at radius 1 is 0.884 bits per heavy atom. The molecule has 0 N–H and O–H groups in total. The normalized spacial score (nSPS) is 13.7. The molecule has 1 unspecified atom stereocenters. The van der Waals surface area contributed by atoms with Gasteiger partial charge in [-0.2, -0.15) is 0 Å². The third kappa shape index (κ3) is 8.24. The second-order valence-electron chi connectivity index (χ2n) is 9.66. The monoisotopic (exact) mass is 650 g/mol. The summed E-state index contributed by atoms with van der Waals surface area (Å²) in [6.45, 7) is 0.244. The van der Waals surface area contributed by atoms with Gasteiger partial charge in [0.15, 0.2) is 5.78 Å². The molecule has 1 aliphatic heterocycles. The fourth-order valence-electron chi connectivity index (χ4n) is 4.65. The van der Waals surface area contributed by atoms with E-state index in [0.717, 1.165) is 0 Å². The van der Waals surface area contributed by atoms with E-state index >= 15 is 0 Å². The van der Waals surface area contributed by atoms with E-state index in [2.05, 4.69) is 0 Å². The Morgan fingerprint density at radius 3 is 2.33 bits per heavy atom. The van der Waals surface area contributed by atoms with Gasteiger partial charge in [-0.05, 0) is 91.6 Å². The summed E-state index contributed by atoms with van der Waals surface area (Å²) in [6, 6.07) is 18.7. The van der Waals surface area contributed by atoms with Gasteiger partial charge in [-0.15, -0.1) is 0 Å². The van der Waals surface area contributed by atoms with Crippen LogP contribution in [0.1, 0.15) is 46.7 Å². The van der Waals surface area contributed by atoms with Gasteiger partial charge in [0, 0.05) is 40.5 Å². The molecule has 0 radical (unpaired) electrons.